The van der Waals surface area contributed by atoms with Crippen LogP contribution >= 0.6 is 15.9 Å². The van der Waals surface area contributed by atoms with Gasteiger partial charge in [-0.15, -0.1) is 0 Å². The molecule has 148 valence electrons. The molecule has 0 aliphatic rings. The molecule has 1 aromatic heterocycles. The van der Waals surface area contributed by atoms with Crippen LogP contribution in [0.5, 0.6) is 5.75 Å². The van der Waals surface area contributed by atoms with Gasteiger partial charge in [0.25, 0.3) is 11.6 Å². The zero-order chi connectivity index (χ0) is 21.0. The van der Waals surface area contributed by atoms with Crippen molar-refractivity contribution in [2.75, 3.05) is 7.11 Å². The first-order valence-corrected chi connectivity index (χ1v) is 9.20. The average molecular weight is 458 g/mol. The monoisotopic (exact) mass is 457 g/mol. The number of hydrogen-bond donors (Lipinski definition) is 1. The van der Waals surface area contributed by atoms with Crippen molar-refractivity contribution >= 4 is 33.7 Å². The summed E-state index contributed by atoms with van der Waals surface area (Å²) in [6.07, 6.45) is 1.37. The molecule has 0 saturated carbocycles. The highest BCUT2D eigenvalue weighted by molar-refractivity contribution is 9.10. The molecule has 1 heterocycles. The van der Waals surface area contributed by atoms with Crippen LogP contribution in [0.3, 0.4) is 0 Å². The topological polar surface area (TPSA) is 107 Å². The van der Waals surface area contributed by atoms with Gasteiger partial charge in [0.2, 0.25) is 0 Å². The number of benzene rings is 2. The molecule has 0 spiro atoms. The van der Waals surface area contributed by atoms with Crippen molar-refractivity contribution < 1.29 is 18.9 Å². The number of rotatable bonds is 6. The van der Waals surface area contributed by atoms with E-state index in [1.807, 2.05) is 0 Å². The van der Waals surface area contributed by atoms with Crippen molar-refractivity contribution in [2.24, 2.45) is 5.10 Å². The molecule has 0 bridgehead atoms. The van der Waals surface area contributed by atoms with Gasteiger partial charge < -0.3 is 9.15 Å². The van der Waals surface area contributed by atoms with E-state index in [-0.39, 0.29) is 5.69 Å². The fourth-order valence-corrected chi connectivity index (χ4v) is 3.04. The number of ether oxygens (including phenoxy) is 1. The van der Waals surface area contributed by atoms with Gasteiger partial charge in [0.1, 0.15) is 17.3 Å². The van der Waals surface area contributed by atoms with Gasteiger partial charge in [0, 0.05) is 22.2 Å². The lowest BCUT2D eigenvalue weighted by Crippen LogP contribution is -2.18. The minimum atomic E-state index is -0.444. The molecule has 0 fully saturated rings. The third-order valence-electron chi connectivity index (χ3n) is 4.08. The number of furan rings is 1. The summed E-state index contributed by atoms with van der Waals surface area (Å²) in [4.78, 5) is 22.7. The second-order valence-corrected chi connectivity index (χ2v) is 6.92. The highest BCUT2D eigenvalue weighted by Crippen LogP contribution is 2.28. The van der Waals surface area contributed by atoms with Crippen molar-refractivity contribution in [3.8, 4) is 17.1 Å². The van der Waals surface area contributed by atoms with Crippen LogP contribution < -0.4 is 10.2 Å². The number of amides is 1. The largest absolute Gasteiger partial charge is 0.496 e. The fraction of sp³-hybridized carbons (Fsp3) is 0.100. The van der Waals surface area contributed by atoms with Crippen LogP contribution in [0.1, 0.15) is 21.7 Å². The number of non-ortho nitro benzene ring substituents is 1. The number of nitrogens with one attached hydrogen (secondary N) is 1. The second-order valence-electron chi connectivity index (χ2n) is 6.00. The van der Waals surface area contributed by atoms with Gasteiger partial charge in [0.15, 0.2) is 0 Å². The number of carbonyl (C=O) groups is 1. The van der Waals surface area contributed by atoms with E-state index in [2.05, 4.69) is 26.5 Å². The Morgan fingerprint density at radius 1 is 1.24 bits per heavy atom. The van der Waals surface area contributed by atoms with E-state index >= 15 is 0 Å². The first kappa shape index (κ1) is 20.3. The van der Waals surface area contributed by atoms with E-state index in [0.29, 0.717) is 28.4 Å². The highest BCUT2D eigenvalue weighted by Gasteiger charge is 2.13. The van der Waals surface area contributed by atoms with Crippen molar-refractivity contribution in [2.45, 2.75) is 6.92 Å². The minimum absolute atomic E-state index is 0.0188. The molecular formula is C20H16BrN3O5. The van der Waals surface area contributed by atoms with Crippen LogP contribution in [0, 0.1) is 17.0 Å². The Morgan fingerprint density at radius 2 is 2.03 bits per heavy atom. The molecule has 29 heavy (non-hydrogen) atoms. The Labute approximate surface area is 174 Å². The first-order valence-electron chi connectivity index (χ1n) is 8.41. The molecule has 0 radical (unpaired) electrons. The van der Waals surface area contributed by atoms with Crippen molar-refractivity contribution in [3.63, 3.8) is 0 Å². The molecule has 0 aliphatic heterocycles. The number of hydrazone groups is 1. The molecule has 8 nitrogen and oxygen atoms in total. The summed E-state index contributed by atoms with van der Waals surface area (Å²) in [5, 5.41) is 14.8. The van der Waals surface area contributed by atoms with Crippen molar-refractivity contribution in [3.05, 3.63) is 80.0 Å². The number of carbonyl (C=O) groups excluding carboxylic acids is 1. The van der Waals surface area contributed by atoms with Crippen LogP contribution in [-0.2, 0) is 0 Å². The van der Waals surface area contributed by atoms with E-state index in [1.54, 1.807) is 43.3 Å². The third kappa shape index (κ3) is 4.69. The Balaban J connectivity index is 1.72. The normalized spacial score (nSPS) is 10.9. The van der Waals surface area contributed by atoms with Gasteiger partial charge >= 0.3 is 0 Å². The Morgan fingerprint density at radius 3 is 2.72 bits per heavy atom. The van der Waals surface area contributed by atoms with Crippen LogP contribution in [0.25, 0.3) is 11.3 Å². The zero-order valence-electron chi connectivity index (χ0n) is 15.5. The first-order chi connectivity index (χ1) is 13.9. The summed E-state index contributed by atoms with van der Waals surface area (Å²) >= 11 is 3.32. The van der Waals surface area contributed by atoms with Gasteiger partial charge in [-0.3, -0.25) is 14.9 Å². The molecule has 0 saturated heterocycles. The maximum atomic E-state index is 12.3. The second kappa shape index (κ2) is 8.70. The Hall–Kier alpha value is -3.46. The molecule has 1 N–H and O–H groups in total. The molecule has 1 amide bonds. The summed E-state index contributed by atoms with van der Waals surface area (Å²) in [5.74, 6) is 0.949. The predicted molar refractivity (Wildman–Crippen MR) is 111 cm³/mol. The van der Waals surface area contributed by atoms with Gasteiger partial charge in [-0.1, -0.05) is 15.9 Å². The van der Waals surface area contributed by atoms with E-state index in [1.165, 1.54) is 25.5 Å². The molecule has 0 unspecified atom stereocenters. The van der Waals surface area contributed by atoms with Gasteiger partial charge in [0.05, 0.1) is 23.8 Å². The summed E-state index contributed by atoms with van der Waals surface area (Å²) in [7, 11) is 1.48. The fourth-order valence-electron chi connectivity index (χ4n) is 2.68. The van der Waals surface area contributed by atoms with E-state index in [9.17, 15) is 14.9 Å². The van der Waals surface area contributed by atoms with Crippen LogP contribution in [-0.4, -0.2) is 24.2 Å². The number of methoxy groups -OCH3 is 1. The lowest BCUT2D eigenvalue weighted by molar-refractivity contribution is -0.384. The standard InChI is InChI=1S/C20H16BrN3O5/c1-12-9-14(24(26)27)4-6-16(12)19-8-5-15(29-19)11-22-23-20(25)17-10-13(21)3-7-18(17)28-2/h3-11H,1-2H3,(H,23,25)/b22-11-. The van der Waals surface area contributed by atoms with Gasteiger partial charge in [-0.05, 0) is 48.9 Å². The lowest BCUT2D eigenvalue weighted by atomic mass is 10.1. The van der Waals surface area contributed by atoms with Gasteiger partial charge in [-0.25, -0.2) is 5.43 Å². The number of nitro benzene ring substituents is 1. The summed E-state index contributed by atoms with van der Waals surface area (Å²) < 4.78 is 11.6. The Bertz CT molecular complexity index is 1110. The average Bonchev–Trinajstić information content (AvgIpc) is 3.16. The number of halogens is 1. The predicted octanol–water partition coefficient (Wildman–Crippen LogP) is 4.70. The maximum Gasteiger partial charge on any atom is 0.275 e. The van der Waals surface area contributed by atoms with Crippen molar-refractivity contribution in [1.29, 1.82) is 0 Å². The third-order valence-corrected chi connectivity index (χ3v) is 4.57. The number of nitro groups is 1. The number of hydrogen-bond acceptors (Lipinski definition) is 6. The highest BCUT2D eigenvalue weighted by atomic mass is 79.9. The van der Waals surface area contributed by atoms with Crippen LogP contribution in [0.15, 0.2) is 62.5 Å². The smallest absolute Gasteiger partial charge is 0.275 e. The maximum absolute atomic E-state index is 12.3. The summed E-state index contributed by atoms with van der Waals surface area (Å²) in [6.45, 7) is 1.77. The van der Waals surface area contributed by atoms with Crippen LogP contribution in [0.4, 0.5) is 5.69 Å². The van der Waals surface area contributed by atoms with E-state index in [4.69, 9.17) is 9.15 Å². The summed E-state index contributed by atoms with van der Waals surface area (Å²) in [5.41, 5.74) is 4.23. The molecular weight excluding hydrogens is 442 g/mol. The van der Waals surface area contributed by atoms with E-state index in [0.717, 1.165) is 10.0 Å². The molecule has 2 aromatic carbocycles. The molecule has 3 rings (SSSR count). The molecule has 9 heteroatoms. The van der Waals surface area contributed by atoms with Gasteiger partial charge in [-0.2, -0.15) is 5.10 Å². The number of nitrogens with zero attached hydrogens (tertiary/aromatic N) is 2. The molecule has 0 aliphatic carbocycles. The quantitative estimate of drug-likeness (QED) is 0.328. The van der Waals surface area contributed by atoms with Crippen molar-refractivity contribution in [1.82, 2.24) is 5.43 Å². The lowest BCUT2D eigenvalue weighted by Gasteiger charge is -2.07. The zero-order valence-corrected chi connectivity index (χ0v) is 17.1. The minimum Gasteiger partial charge on any atom is -0.496 e. The Kier molecular flexibility index (Phi) is 6.08. The van der Waals surface area contributed by atoms with E-state index < -0.39 is 10.8 Å². The SMILES string of the molecule is COc1ccc(Br)cc1C(=O)N/N=C\c1ccc(-c2ccc([N+](=O)[O-])cc2C)o1. The van der Waals surface area contributed by atoms with Crippen LogP contribution in [0.2, 0.25) is 0 Å². The molecule has 3 aromatic rings. The summed E-state index contributed by atoms with van der Waals surface area (Å²) in [6, 6.07) is 13.0. The molecule has 0 atom stereocenters. The number of aryl methyl sites for hydroxylation is 1.